The summed E-state index contributed by atoms with van der Waals surface area (Å²) in [4.78, 5) is 11.5. The van der Waals surface area contributed by atoms with Crippen LogP contribution in [-0.4, -0.2) is 18.6 Å². The first-order chi connectivity index (χ1) is 8.08. The van der Waals surface area contributed by atoms with Crippen molar-refractivity contribution in [3.8, 4) is 5.75 Å². The number of anilines is 1. The lowest BCUT2D eigenvalue weighted by Crippen LogP contribution is -2.36. The van der Waals surface area contributed by atoms with Gasteiger partial charge in [0.1, 0.15) is 5.75 Å². The zero-order valence-electron chi connectivity index (χ0n) is 10.6. The molecule has 0 bridgehead atoms. The van der Waals surface area contributed by atoms with Crippen molar-refractivity contribution in [2.75, 3.05) is 12.3 Å². The maximum absolute atomic E-state index is 11.5. The Morgan fingerprint density at radius 3 is 2.71 bits per heavy atom. The summed E-state index contributed by atoms with van der Waals surface area (Å²) in [6.45, 7) is 6.23. The second-order valence-corrected chi connectivity index (χ2v) is 3.88. The van der Waals surface area contributed by atoms with Gasteiger partial charge in [0.25, 0.3) is 5.91 Å². The molecular weight excluding hydrogens is 216 g/mol. The molecule has 0 heterocycles. The van der Waals surface area contributed by atoms with Gasteiger partial charge in [0.15, 0.2) is 6.10 Å². The summed E-state index contributed by atoms with van der Waals surface area (Å²) in [5.41, 5.74) is 7.59. The van der Waals surface area contributed by atoms with Crippen LogP contribution in [0.2, 0.25) is 0 Å². The van der Waals surface area contributed by atoms with Crippen LogP contribution in [-0.2, 0) is 11.2 Å². The molecule has 4 heteroatoms. The second-order valence-electron chi connectivity index (χ2n) is 3.88. The molecule has 0 aliphatic rings. The quantitative estimate of drug-likeness (QED) is 0.765. The number of carbonyl (C=O) groups excluding carboxylic acids is 1. The summed E-state index contributed by atoms with van der Waals surface area (Å²) >= 11 is 0. The molecule has 1 aromatic carbocycles. The van der Waals surface area contributed by atoms with Crippen LogP contribution in [0.5, 0.6) is 5.75 Å². The average molecular weight is 236 g/mol. The molecule has 0 aromatic heterocycles. The lowest BCUT2D eigenvalue weighted by molar-refractivity contribution is -0.127. The molecule has 94 valence electrons. The molecule has 0 radical (unpaired) electrons. The number of carbonyl (C=O) groups is 1. The molecule has 1 aromatic rings. The molecule has 0 fully saturated rings. The highest BCUT2D eigenvalue weighted by Crippen LogP contribution is 2.23. The van der Waals surface area contributed by atoms with Crippen molar-refractivity contribution in [1.29, 1.82) is 0 Å². The van der Waals surface area contributed by atoms with Crippen LogP contribution in [0, 0.1) is 0 Å². The van der Waals surface area contributed by atoms with Gasteiger partial charge in [-0.3, -0.25) is 4.79 Å². The molecule has 4 nitrogen and oxygen atoms in total. The van der Waals surface area contributed by atoms with Crippen molar-refractivity contribution in [2.45, 2.75) is 33.3 Å². The number of nitrogens with one attached hydrogen (secondary N) is 1. The van der Waals surface area contributed by atoms with Gasteiger partial charge in [-0.1, -0.05) is 13.0 Å². The number of nitrogens with two attached hydrogens (primary N) is 1. The van der Waals surface area contributed by atoms with E-state index >= 15 is 0 Å². The van der Waals surface area contributed by atoms with Crippen LogP contribution in [0.25, 0.3) is 0 Å². The highest BCUT2D eigenvalue weighted by atomic mass is 16.5. The van der Waals surface area contributed by atoms with E-state index in [0.717, 1.165) is 12.0 Å². The Labute approximate surface area is 102 Å². The molecule has 0 aliphatic carbocycles. The molecule has 17 heavy (non-hydrogen) atoms. The number of rotatable bonds is 5. The van der Waals surface area contributed by atoms with E-state index in [1.165, 1.54) is 0 Å². The Bertz CT molecular complexity index is 391. The summed E-state index contributed by atoms with van der Waals surface area (Å²) in [6, 6.07) is 5.64. The standard InChI is InChI=1S/C13H20N2O2/c1-4-10-6-7-12(11(14)8-10)17-9(3)13(16)15-5-2/h6-9H,4-5,14H2,1-3H3,(H,15,16). The number of aryl methyl sites for hydroxylation is 1. The van der Waals surface area contributed by atoms with E-state index < -0.39 is 6.10 Å². The molecule has 0 spiro atoms. The predicted octanol–water partition coefficient (Wildman–Crippen LogP) is 1.73. The van der Waals surface area contributed by atoms with Crippen molar-refractivity contribution >= 4 is 11.6 Å². The smallest absolute Gasteiger partial charge is 0.260 e. The van der Waals surface area contributed by atoms with Crippen molar-refractivity contribution in [3.05, 3.63) is 23.8 Å². The summed E-state index contributed by atoms with van der Waals surface area (Å²) in [7, 11) is 0. The zero-order valence-corrected chi connectivity index (χ0v) is 10.6. The third-order valence-electron chi connectivity index (χ3n) is 2.51. The number of hydrogen-bond donors (Lipinski definition) is 2. The van der Waals surface area contributed by atoms with E-state index in [1.807, 2.05) is 25.1 Å². The average Bonchev–Trinajstić information content (AvgIpc) is 2.31. The highest BCUT2D eigenvalue weighted by Gasteiger charge is 2.14. The summed E-state index contributed by atoms with van der Waals surface area (Å²) in [6.07, 6.45) is 0.390. The van der Waals surface area contributed by atoms with Crippen molar-refractivity contribution < 1.29 is 9.53 Å². The van der Waals surface area contributed by atoms with Gasteiger partial charge in [-0.2, -0.15) is 0 Å². The lowest BCUT2D eigenvalue weighted by Gasteiger charge is -2.15. The van der Waals surface area contributed by atoms with Crippen molar-refractivity contribution in [3.63, 3.8) is 0 Å². The first-order valence-electron chi connectivity index (χ1n) is 5.91. The van der Waals surface area contributed by atoms with Gasteiger partial charge in [-0.25, -0.2) is 0 Å². The fourth-order valence-electron chi connectivity index (χ4n) is 1.49. The maximum Gasteiger partial charge on any atom is 0.260 e. The normalized spacial score (nSPS) is 11.9. The Morgan fingerprint density at radius 2 is 2.18 bits per heavy atom. The molecule has 0 aliphatic heterocycles. The fourth-order valence-corrected chi connectivity index (χ4v) is 1.49. The van der Waals surface area contributed by atoms with Gasteiger partial charge >= 0.3 is 0 Å². The fraction of sp³-hybridized carbons (Fsp3) is 0.462. The molecule has 1 rings (SSSR count). The third kappa shape index (κ3) is 3.66. The van der Waals surface area contributed by atoms with E-state index in [0.29, 0.717) is 18.0 Å². The Kier molecular flexibility index (Phi) is 4.82. The number of hydrogen-bond acceptors (Lipinski definition) is 3. The van der Waals surface area contributed by atoms with Crippen molar-refractivity contribution in [2.24, 2.45) is 0 Å². The van der Waals surface area contributed by atoms with Gasteiger partial charge in [-0.05, 0) is 38.0 Å². The summed E-state index contributed by atoms with van der Waals surface area (Å²) in [5.74, 6) is 0.424. The van der Waals surface area contributed by atoms with Gasteiger partial charge in [-0.15, -0.1) is 0 Å². The van der Waals surface area contributed by atoms with Crippen molar-refractivity contribution in [1.82, 2.24) is 5.32 Å². The van der Waals surface area contributed by atoms with Crippen LogP contribution in [0.15, 0.2) is 18.2 Å². The number of likely N-dealkylation sites (N-methyl/N-ethyl adjacent to an activating group) is 1. The first-order valence-corrected chi connectivity index (χ1v) is 5.91. The zero-order chi connectivity index (χ0) is 12.8. The number of amides is 1. The first kappa shape index (κ1) is 13.4. The monoisotopic (exact) mass is 236 g/mol. The van der Waals surface area contributed by atoms with Crippen LogP contribution in [0.1, 0.15) is 26.3 Å². The molecule has 1 atom stereocenters. The van der Waals surface area contributed by atoms with Crippen LogP contribution in [0.3, 0.4) is 0 Å². The third-order valence-corrected chi connectivity index (χ3v) is 2.51. The van der Waals surface area contributed by atoms with Crippen LogP contribution >= 0.6 is 0 Å². The number of benzene rings is 1. The van der Waals surface area contributed by atoms with E-state index in [1.54, 1.807) is 6.92 Å². The molecular formula is C13H20N2O2. The molecule has 1 unspecified atom stereocenters. The predicted molar refractivity (Wildman–Crippen MR) is 69.0 cm³/mol. The topological polar surface area (TPSA) is 64.3 Å². The Balaban J connectivity index is 2.71. The Morgan fingerprint density at radius 1 is 1.47 bits per heavy atom. The molecule has 0 saturated heterocycles. The number of nitrogen functional groups attached to an aromatic ring is 1. The van der Waals surface area contributed by atoms with E-state index in [4.69, 9.17) is 10.5 Å². The largest absolute Gasteiger partial charge is 0.479 e. The van der Waals surface area contributed by atoms with Gasteiger partial charge < -0.3 is 15.8 Å². The van der Waals surface area contributed by atoms with Gasteiger partial charge in [0, 0.05) is 6.54 Å². The summed E-state index contributed by atoms with van der Waals surface area (Å²) in [5, 5.41) is 2.70. The second kappa shape index (κ2) is 6.13. The van der Waals surface area contributed by atoms with Crippen LogP contribution < -0.4 is 15.8 Å². The lowest BCUT2D eigenvalue weighted by atomic mass is 10.1. The molecule has 3 N–H and O–H groups in total. The minimum Gasteiger partial charge on any atom is -0.479 e. The minimum absolute atomic E-state index is 0.133. The Hall–Kier alpha value is -1.71. The van der Waals surface area contributed by atoms with E-state index in [2.05, 4.69) is 12.2 Å². The number of ether oxygens (including phenoxy) is 1. The highest BCUT2D eigenvalue weighted by molar-refractivity contribution is 5.80. The summed E-state index contributed by atoms with van der Waals surface area (Å²) < 4.78 is 5.52. The maximum atomic E-state index is 11.5. The minimum atomic E-state index is -0.537. The molecule has 0 saturated carbocycles. The van der Waals surface area contributed by atoms with E-state index in [-0.39, 0.29) is 5.91 Å². The van der Waals surface area contributed by atoms with E-state index in [9.17, 15) is 4.79 Å². The van der Waals surface area contributed by atoms with Gasteiger partial charge in [0.2, 0.25) is 0 Å². The van der Waals surface area contributed by atoms with Crippen LogP contribution in [0.4, 0.5) is 5.69 Å². The SMILES string of the molecule is CCNC(=O)C(C)Oc1ccc(CC)cc1N. The molecule has 1 amide bonds. The van der Waals surface area contributed by atoms with Gasteiger partial charge in [0.05, 0.1) is 5.69 Å².